The molecule has 0 amide bonds. The summed E-state index contributed by atoms with van der Waals surface area (Å²) in [6.45, 7) is 0. The minimum Gasteiger partial charge on any atom is -0.453 e. The Morgan fingerprint density at radius 3 is 1.92 bits per heavy atom. The summed E-state index contributed by atoms with van der Waals surface area (Å²) in [4.78, 5) is 4.18. The topological polar surface area (TPSA) is 34.1 Å². The van der Waals surface area contributed by atoms with Crippen LogP contribution in [0.1, 0.15) is 0 Å². The van der Waals surface area contributed by atoms with Crippen molar-refractivity contribution in [3.05, 3.63) is 91.1 Å². The second-order valence-electron chi connectivity index (χ2n) is 5.42. The van der Waals surface area contributed by atoms with Crippen LogP contribution in [-0.4, -0.2) is 4.98 Å². The van der Waals surface area contributed by atoms with Gasteiger partial charge in [0.1, 0.15) is 0 Å². The van der Waals surface area contributed by atoms with Crippen LogP contribution in [0.3, 0.4) is 0 Å². The van der Waals surface area contributed by atoms with Gasteiger partial charge in [-0.2, -0.15) is 0 Å². The van der Waals surface area contributed by atoms with E-state index in [1.165, 1.54) is 5.39 Å². The van der Waals surface area contributed by atoms with E-state index in [1.54, 1.807) is 0 Å². The second-order valence-corrected chi connectivity index (χ2v) is 5.42. The first-order valence-electron chi connectivity index (χ1n) is 7.83. The normalized spacial score (nSPS) is 11.2. The molecule has 0 atom stereocenters. The third-order valence-corrected chi connectivity index (χ3v) is 3.78. The molecule has 0 saturated carbocycles. The molecule has 1 aliphatic rings. The van der Waals surface area contributed by atoms with E-state index in [2.05, 4.69) is 22.4 Å². The summed E-state index contributed by atoms with van der Waals surface area (Å²) in [6.07, 6.45) is 1.81. The summed E-state index contributed by atoms with van der Waals surface area (Å²) in [5.74, 6) is 1.76. The third kappa shape index (κ3) is 2.92. The number of anilines is 2. The molecule has 4 aromatic rings. The predicted molar refractivity (Wildman–Crippen MR) is 98.0 cm³/mol. The maximum absolute atomic E-state index is 5.71. The van der Waals surface area contributed by atoms with Gasteiger partial charge in [-0.3, -0.25) is 4.98 Å². The van der Waals surface area contributed by atoms with Gasteiger partial charge in [-0.15, -0.1) is 0 Å². The molecule has 24 heavy (non-hydrogen) atoms. The smallest absolute Gasteiger partial charge is 0.150 e. The summed E-state index contributed by atoms with van der Waals surface area (Å²) in [6, 6.07) is 27.9. The monoisotopic (exact) mass is 312 g/mol. The number of ether oxygens (including phenoxy) is 1. The molecule has 0 fully saturated rings. The van der Waals surface area contributed by atoms with Crippen molar-refractivity contribution >= 4 is 22.3 Å². The lowest BCUT2D eigenvalue weighted by Crippen LogP contribution is -2.01. The van der Waals surface area contributed by atoms with Gasteiger partial charge >= 0.3 is 0 Å². The number of hydrogen-bond donors (Lipinski definition) is 1. The first-order chi connectivity index (χ1) is 11.9. The predicted octanol–water partition coefficient (Wildman–Crippen LogP) is 5.77. The number of nitrogens with zero attached hydrogens (tertiary/aromatic N) is 1. The molecule has 0 radical (unpaired) electrons. The molecule has 0 bridgehead atoms. The van der Waals surface area contributed by atoms with Crippen molar-refractivity contribution in [2.75, 3.05) is 5.32 Å². The van der Waals surface area contributed by atoms with E-state index in [9.17, 15) is 0 Å². The SMILES string of the molecule is c1ccc2c(c1)Nc1ccccc1O2.c1ccc2ncccc2c1. The van der Waals surface area contributed by atoms with E-state index in [4.69, 9.17) is 4.74 Å². The largest absolute Gasteiger partial charge is 0.453 e. The molecule has 3 aromatic carbocycles. The highest BCUT2D eigenvalue weighted by atomic mass is 16.5. The molecular formula is C21H16N2O. The van der Waals surface area contributed by atoms with Crippen molar-refractivity contribution in [2.24, 2.45) is 0 Å². The van der Waals surface area contributed by atoms with E-state index in [0.29, 0.717) is 0 Å². The van der Waals surface area contributed by atoms with E-state index >= 15 is 0 Å². The maximum Gasteiger partial charge on any atom is 0.150 e. The zero-order chi connectivity index (χ0) is 16.2. The minimum atomic E-state index is 0.881. The van der Waals surface area contributed by atoms with Gasteiger partial charge in [0, 0.05) is 11.6 Å². The van der Waals surface area contributed by atoms with Gasteiger partial charge in [0.15, 0.2) is 11.5 Å². The van der Waals surface area contributed by atoms with Gasteiger partial charge in [0.25, 0.3) is 0 Å². The Hall–Kier alpha value is -3.33. The Balaban J connectivity index is 0.000000129. The summed E-state index contributed by atoms with van der Waals surface area (Å²) in [5, 5.41) is 4.51. The number of pyridine rings is 1. The van der Waals surface area contributed by atoms with Crippen molar-refractivity contribution in [3.63, 3.8) is 0 Å². The molecule has 1 aromatic heterocycles. The van der Waals surface area contributed by atoms with Crippen LogP contribution in [0.25, 0.3) is 10.9 Å². The number of hydrogen-bond acceptors (Lipinski definition) is 3. The molecule has 0 aliphatic carbocycles. The fourth-order valence-corrected chi connectivity index (χ4v) is 2.60. The highest BCUT2D eigenvalue weighted by molar-refractivity contribution is 5.77. The zero-order valence-electron chi connectivity index (χ0n) is 13.0. The van der Waals surface area contributed by atoms with Crippen LogP contribution in [0, 0.1) is 0 Å². The Kier molecular flexibility index (Phi) is 3.82. The van der Waals surface area contributed by atoms with Crippen LogP contribution in [0.2, 0.25) is 0 Å². The van der Waals surface area contributed by atoms with Crippen LogP contribution in [-0.2, 0) is 0 Å². The summed E-state index contributed by atoms with van der Waals surface area (Å²) in [7, 11) is 0. The summed E-state index contributed by atoms with van der Waals surface area (Å²) in [5.41, 5.74) is 3.10. The van der Waals surface area contributed by atoms with Crippen LogP contribution < -0.4 is 10.1 Å². The lowest BCUT2D eigenvalue weighted by molar-refractivity contribution is 0.481. The van der Waals surface area contributed by atoms with Gasteiger partial charge in [-0.05, 0) is 36.4 Å². The Morgan fingerprint density at radius 1 is 0.625 bits per heavy atom. The zero-order valence-corrected chi connectivity index (χ0v) is 13.0. The fourth-order valence-electron chi connectivity index (χ4n) is 2.60. The third-order valence-electron chi connectivity index (χ3n) is 3.78. The van der Waals surface area contributed by atoms with Crippen molar-refractivity contribution in [2.45, 2.75) is 0 Å². The Morgan fingerprint density at radius 2 is 1.21 bits per heavy atom. The van der Waals surface area contributed by atoms with Crippen LogP contribution in [0.4, 0.5) is 11.4 Å². The molecule has 1 N–H and O–H groups in total. The Labute approximate surface area is 140 Å². The van der Waals surface area contributed by atoms with Crippen molar-refractivity contribution in [1.82, 2.24) is 4.98 Å². The standard InChI is InChI=1S/C12H9NO.C9H7N/c1-3-7-11-9(5-1)13-10-6-2-4-8-12(10)14-11;1-2-6-9-8(4-1)5-3-7-10-9/h1-8,13H;1-7H. The molecule has 3 nitrogen and oxygen atoms in total. The highest BCUT2D eigenvalue weighted by Crippen LogP contribution is 2.40. The number of para-hydroxylation sites is 5. The molecule has 0 unspecified atom stereocenters. The highest BCUT2D eigenvalue weighted by Gasteiger charge is 2.13. The van der Waals surface area contributed by atoms with Crippen LogP contribution >= 0.6 is 0 Å². The average Bonchev–Trinajstić information content (AvgIpc) is 2.67. The number of aromatic nitrogens is 1. The lowest BCUT2D eigenvalue weighted by atomic mass is 10.2. The van der Waals surface area contributed by atoms with Crippen LogP contribution in [0.15, 0.2) is 91.1 Å². The molecular weight excluding hydrogens is 296 g/mol. The maximum atomic E-state index is 5.71. The van der Waals surface area contributed by atoms with E-state index < -0.39 is 0 Å². The molecule has 5 rings (SSSR count). The second kappa shape index (κ2) is 6.42. The number of rotatable bonds is 0. The first-order valence-corrected chi connectivity index (χ1v) is 7.83. The van der Waals surface area contributed by atoms with Crippen molar-refractivity contribution in [3.8, 4) is 11.5 Å². The van der Waals surface area contributed by atoms with E-state index in [1.807, 2.05) is 79.0 Å². The summed E-state index contributed by atoms with van der Waals surface area (Å²) < 4.78 is 5.71. The summed E-state index contributed by atoms with van der Waals surface area (Å²) >= 11 is 0. The van der Waals surface area contributed by atoms with Gasteiger partial charge in [-0.1, -0.05) is 48.5 Å². The number of fused-ring (bicyclic) bond motifs is 3. The molecule has 1 aliphatic heterocycles. The average molecular weight is 312 g/mol. The van der Waals surface area contributed by atoms with E-state index in [-0.39, 0.29) is 0 Å². The van der Waals surface area contributed by atoms with Crippen molar-refractivity contribution < 1.29 is 4.74 Å². The van der Waals surface area contributed by atoms with Crippen LogP contribution in [0.5, 0.6) is 11.5 Å². The van der Waals surface area contributed by atoms with Gasteiger partial charge in [-0.25, -0.2) is 0 Å². The van der Waals surface area contributed by atoms with Gasteiger partial charge < -0.3 is 10.1 Å². The number of nitrogens with one attached hydrogen (secondary N) is 1. The quantitative estimate of drug-likeness (QED) is 0.394. The van der Waals surface area contributed by atoms with Gasteiger partial charge in [0.05, 0.1) is 16.9 Å². The van der Waals surface area contributed by atoms with Crippen molar-refractivity contribution in [1.29, 1.82) is 0 Å². The molecule has 0 saturated heterocycles. The molecule has 116 valence electrons. The lowest BCUT2D eigenvalue weighted by Gasteiger charge is -2.20. The molecule has 2 heterocycles. The van der Waals surface area contributed by atoms with Gasteiger partial charge in [0.2, 0.25) is 0 Å². The van der Waals surface area contributed by atoms with E-state index in [0.717, 1.165) is 28.4 Å². The molecule has 0 spiro atoms. The minimum absolute atomic E-state index is 0.881. The first kappa shape index (κ1) is 14.3. The Bertz CT molecular complexity index is 829. The fraction of sp³-hybridized carbons (Fsp3) is 0. The number of benzene rings is 3. The molecule has 3 heteroatoms.